The maximum Gasteiger partial charge on any atom is 0.262 e. The van der Waals surface area contributed by atoms with Crippen LogP contribution in [0.15, 0.2) is 52.9 Å². The fraction of sp³-hybridized carbons (Fsp3) is 0.238. The first-order valence-electron chi connectivity index (χ1n) is 9.00. The molecule has 28 heavy (non-hydrogen) atoms. The number of nitrogens with one attached hydrogen (secondary N) is 1. The summed E-state index contributed by atoms with van der Waals surface area (Å²) in [6, 6.07) is 13.4. The van der Waals surface area contributed by atoms with Crippen molar-refractivity contribution in [3.05, 3.63) is 59.0 Å². The lowest BCUT2D eigenvalue weighted by molar-refractivity contribution is -0.118. The number of benzene rings is 2. The van der Waals surface area contributed by atoms with Crippen LogP contribution < -0.4 is 14.8 Å². The van der Waals surface area contributed by atoms with Crippen LogP contribution in [-0.2, 0) is 4.79 Å². The first kappa shape index (κ1) is 18.4. The quantitative estimate of drug-likeness (QED) is 0.807. The van der Waals surface area contributed by atoms with Crippen LogP contribution in [0.2, 0.25) is 0 Å². The number of methoxy groups -OCH3 is 1. The Labute approximate surface area is 168 Å². The largest absolute Gasteiger partial charge is 0.493 e. The van der Waals surface area contributed by atoms with Gasteiger partial charge in [-0.2, -0.15) is 0 Å². The summed E-state index contributed by atoms with van der Waals surface area (Å²) in [5.41, 5.74) is 4.07. The monoisotopic (exact) mass is 395 g/mol. The second-order valence-corrected chi connectivity index (χ2v) is 7.34. The average Bonchev–Trinajstić information content (AvgIpc) is 3.31. The zero-order valence-electron chi connectivity index (χ0n) is 15.8. The molecule has 0 saturated heterocycles. The van der Waals surface area contributed by atoms with Crippen molar-refractivity contribution < 1.29 is 14.3 Å². The standard InChI is InChI=1S/C21H21N3O3S/c1-14-3-8-18(19(11-14)26-2)27-12-20(25)23-16-6-4-15(5-7-16)17-13-28-21-22-9-10-24(17)21/h3-8,11,13H,9-10,12H2,1-2H3,(H,23,25). The summed E-state index contributed by atoms with van der Waals surface area (Å²) in [5.74, 6) is 0.942. The first-order valence-corrected chi connectivity index (χ1v) is 9.88. The van der Waals surface area contributed by atoms with Gasteiger partial charge in [-0.1, -0.05) is 30.0 Å². The smallest absolute Gasteiger partial charge is 0.262 e. The van der Waals surface area contributed by atoms with E-state index in [-0.39, 0.29) is 12.5 Å². The van der Waals surface area contributed by atoms with Crippen molar-refractivity contribution in [2.75, 3.05) is 32.1 Å². The number of amides is 1. The van der Waals surface area contributed by atoms with Gasteiger partial charge in [0.15, 0.2) is 23.3 Å². The third-order valence-electron chi connectivity index (χ3n) is 4.51. The molecule has 6 nitrogen and oxygen atoms in total. The molecule has 4 rings (SSSR count). The zero-order chi connectivity index (χ0) is 19.5. The van der Waals surface area contributed by atoms with Crippen molar-refractivity contribution in [2.24, 2.45) is 4.99 Å². The van der Waals surface area contributed by atoms with Crippen LogP contribution >= 0.6 is 11.8 Å². The summed E-state index contributed by atoms with van der Waals surface area (Å²) < 4.78 is 10.9. The lowest BCUT2D eigenvalue weighted by Crippen LogP contribution is -2.21. The van der Waals surface area contributed by atoms with E-state index in [1.807, 2.05) is 43.3 Å². The van der Waals surface area contributed by atoms with Crippen LogP contribution in [0.4, 0.5) is 5.69 Å². The van der Waals surface area contributed by atoms with Crippen LogP contribution in [0.1, 0.15) is 11.1 Å². The molecule has 0 spiro atoms. The van der Waals surface area contributed by atoms with Gasteiger partial charge in [-0.25, -0.2) is 0 Å². The number of amidine groups is 1. The SMILES string of the molecule is COc1cc(C)ccc1OCC(=O)Nc1ccc(C2=CSC3=NCCN23)cc1. The van der Waals surface area contributed by atoms with E-state index in [2.05, 4.69) is 20.6 Å². The van der Waals surface area contributed by atoms with Crippen LogP contribution in [0.5, 0.6) is 11.5 Å². The first-order chi connectivity index (χ1) is 13.6. The summed E-state index contributed by atoms with van der Waals surface area (Å²) in [7, 11) is 1.58. The van der Waals surface area contributed by atoms with Crippen molar-refractivity contribution in [1.82, 2.24) is 4.90 Å². The van der Waals surface area contributed by atoms with E-state index in [0.717, 1.165) is 40.8 Å². The van der Waals surface area contributed by atoms with Crippen LogP contribution in [0.25, 0.3) is 5.70 Å². The topological polar surface area (TPSA) is 63.2 Å². The molecule has 0 unspecified atom stereocenters. The van der Waals surface area contributed by atoms with Gasteiger partial charge in [0.2, 0.25) is 0 Å². The molecule has 144 valence electrons. The highest BCUT2D eigenvalue weighted by molar-refractivity contribution is 8.16. The number of aryl methyl sites for hydroxylation is 1. The summed E-state index contributed by atoms with van der Waals surface area (Å²) in [6.07, 6.45) is 0. The molecule has 7 heteroatoms. The van der Waals surface area contributed by atoms with Gasteiger partial charge < -0.3 is 19.7 Å². The number of anilines is 1. The molecular formula is C21H21N3O3S. The van der Waals surface area contributed by atoms with E-state index in [4.69, 9.17) is 9.47 Å². The Balaban J connectivity index is 1.34. The predicted molar refractivity (Wildman–Crippen MR) is 113 cm³/mol. The van der Waals surface area contributed by atoms with E-state index in [1.54, 1.807) is 24.9 Å². The maximum atomic E-state index is 12.2. The van der Waals surface area contributed by atoms with E-state index < -0.39 is 0 Å². The van der Waals surface area contributed by atoms with E-state index in [9.17, 15) is 4.79 Å². The van der Waals surface area contributed by atoms with Crippen molar-refractivity contribution in [3.8, 4) is 11.5 Å². The molecule has 2 aliphatic rings. The van der Waals surface area contributed by atoms with Gasteiger partial charge in [0.05, 0.1) is 19.4 Å². The number of fused-ring (bicyclic) bond motifs is 1. The summed E-state index contributed by atoms with van der Waals surface area (Å²) in [5, 5.41) is 6.04. The Bertz CT molecular complexity index is 954. The van der Waals surface area contributed by atoms with Gasteiger partial charge in [0, 0.05) is 17.6 Å². The molecule has 2 aliphatic heterocycles. The molecule has 0 saturated carbocycles. The number of ether oxygens (including phenoxy) is 2. The fourth-order valence-corrected chi connectivity index (χ4v) is 4.07. The maximum absolute atomic E-state index is 12.2. The molecule has 2 heterocycles. The number of hydrogen-bond donors (Lipinski definition) is 1. The van der Waals surface area contributed by atoms with Gasteiger partial charge in [0.1, 0.15) is 0 Å². The second-order valence-electron chi connectivity index (χ2n) is 6.51. The Kier molecular flexibility index (Phi) is 5.25. The summed E-state index contributed by atoms with van der Waals surface area (Å²) in [4.78, 5) is 18.9. The second kappa shape index (κ2) is 7.98. The number of carbonyl (C=O) groups is 1. The predicted octanol–water partition coefficient (Wildman–Crippen LogP) is 3.74. The highest BCUT2D eigenvalue weighted by Crippen LogP contribution is 2.35. The highest BCUT2D eigenvalue weighted by Gasteiger charge is 2.26. The molecule has 0 aromatic heterocycles. The zero-order valence-corrected chi connectivity index (χ0v) is 16.6. The Morgan fingerprint density at radius 3 is 2.82 bits per heavy atom. The van der Waals surface area contributed by atoms with Crippen molar-refractivity contribution >= 4 is 34.2 Å². The minimum Gasteiger partial charge on any atom is -0.493 e. The molecule has 0 bridgehead atoms. The number of rotatable bonds is 6. The third kappa shape index (κ3) is 3.84. The van der Waals surface area contributed by atoms with Gasteiger partial charge in [-0.15, -0.1) is 0 Å². The third-order valence-corrected chi connectivity index (χ3v) is 5.41. The number of hydrogen-bond acceptors (Lipinski definition) is 6. The summed E-state index contributed by atoms with van der Waals surface area (Å²) >= 11 is 1.66. The van der Waals surface area contributed by atoms with Crippen molar-refractivity contribution in [2.45, 2.75) is 6.92 Å². The molecule has 2 aromatic rings. The van der Waals surface area contributed by atoms with Crippen LogP contribution in [-0.4, -0.2) is 42.8 Å². The molecule has 1 N–H and O–H groups in total. The van der Waals surface area contributed by atoms with Gasteiger partial charge in [-0.3, -0.25) is 9.79 Å². The number of aliphatic imine (C=N–C) groups is 1. The average molecular weight is 395 g/mol. The van der Waals surface area contributed by atoms with Crippen LogP contribution in [0, 0.1) is 6.92 Å². The number of thioether (sulfide) groups is 1. The Morgan fingerprint density at radius 1 is 1.21 bits per heavy atom. The molecule has 0 aliphatic carbocycles. The number of carbonyl (C=O) groups excluding carboxylic acids is 1. The minimum absolute atomic E-state index is 0.0867. The molecule has 0 atom stereocenters. The lowest BCUT2D eigenvalue weighted by Gasteiger charge is -2.17. The molecular weight excluding hydrogens is 374 g/mol. The summed E-state index contributed by atoms with van der Waals surface area (Å²) in [6.45, 7) is 3.66. The Hall–Kier alpha value is -2.93. The lowest BCUT2D eigenvalue weighted by atomic mass is 10.1. The van der Waals surface area contributed by atoms with Gasteiger partial charge >= 0.3 is 0 Å². The van der Waals surface area contributed by atoms with E-state index in [0.29, 0.717) is 11.5 Å². The minimum atomic E-state index is -0.222. The highest BCUT2D eigenvalue weighted by atomic mass is 32.2. The number of nitrogens with zero attached hydrogens (tertiary/aromatic N) is 2. The molecule has 1 amide bonds. The van der Waals surface area contributed by atoms with E-state index in [1.165, 1.54) is 0 Å². The normalized spacial score (nSPS) is 15.0. The van der Waals surface area contributed by atoms with Crippen molar-refractivity contribution in [3.63, 3.8) is 0 Å². The fourth-order valence-electron chi connectivity index (χ4n) is 3.11. The van der Waals surface area contributed by atoms with Gasteiger partial charge in [0.25, 0.3) is 5.91 Å². The molecule has 2 aromatic carbocycles. The molecule has 0 radical (unpaired) electrons. The Morgan fingerprint density at radius 2 is 2.04 bits per heavy atom. The molecule has 0 fully saturated rings. The van der Waals surface area contributed by atoms with Crippen molar-refractivity contribution in [1.29, 1.82) is 0 Å². The van der Waals surface area contributed by atoms with Crippen LogP contribution in [0.3, 0.4) is 0 Å². The van der Waals surface area contributed by atoms with Gasteiger partial charge in [-0.05, 0) is 42.3 Å². The van der Waals surface area contributed by atoms with E-state index >= 15 is 0 Å².